The molecule has 2 aliphatic rings. The summed E-state index contributed by atoms with van der Waals surface area (Å²) in [5, 5.41) is 7.66. The number of ether oxygens (including phenoxy) is 2. The molecule has 0 spiro atoms. The summed E-state index contributed by atoms with van der Waals surface area (Å²) in [7, 11) is 0. The standard InChI is InChI=1S/C32H45FN4O2/c1-3-5-20-38-32(39-21-6-4-2)25-15-18-36(19-16-25)27-11-9-24(10-12-27)26-8-7-17-37(23-26)30-14-13-29(33)28-22-34-35-31(28)30/h9-14,22,25-26,32H,3-8,15-21,23H2,1-2H3,(H,34,35)/t26-/m1/s1. The number of anilines is 2. The number of H-pyrrole nitrogens is 1. The number of nitrogens with one attached hydrogen (secondary N) is 1. The topological polar surface area (TPSA) is 53.6 Å². The fraction of sp³-hybridized carbons (Fsp3) is 0.594. The van der Waals surface area contributed by atoms with Crippen molar-refractivity contribution in [3.8, 4) is 0 Å². The molecule has 0 amide bonds. The van der Waals surface area contributed by atoms with Gasteiger partial charge in [0, 0.05) is 56.9 Å². The molecule has 3 heterocycles. The Bertz CT molecular complexity index is 1150. The maximum absolute atomic E-state index is 14.2. The Hall–Kier alpha value is -2.64. The van der Waals surface area contributed by atoms with Crippen LogP contribution in [0.5, 0.6) is 0 Å². The molecule has 2 fully saturated rings. The molecule has 1 N–H and O–H groups in total. The van der Waals surface area contributed by atoms with Crippen LogP contribution in [0.25, 0.3) is 10.9 Å². The van der Waals surface area contributed by atoms with Gasteiger partial charge in [0.25, 0.3) is 0 Å². The number of benzene rings is 2. The SMILES string of the molecule is CCCCOC(OCCCC)C1CCN(c2ccc([C@@H]3CCCN(c4ccc(F)c5cn[nH]c45)C3)cc2)CC1. The van der Waals surface area contributed by atoms with Crippen LogP contribution in [0.1, 0.15) is 76.7 Å². The van der Waals surface area contributed by atoms with Crippen molar-refractivity contribution < 1.29 is 13.9 Å². The van der Waals surface area contributed by atoms with Gasteiger partial charge in [0.05, 0.1) is 22.8 Å². The zero-order chi connectivity index (χ0) is 27.0. The maximum Gasteiger partial charge on any atom is 0.160 e. The first-order valence-corrected chi connectivity index (χ1v) is 15.1. The molecule has 0 saturated carbocycles. The number of aromatic amines is 1. The normalized spacial score (nSPS) is 18.9. The van der Waals surface area contributed by atoms with Gasteiger partial charge in [-0.2, -0.15) is 5.10 Å². The Balaban J connectivity index is 1.17. The molecule has 2 saturated heterocycles. The molecule has 7 heteroatoms. The van der Waals surface area contributed by atoms with Crippen LogP contribution in [0.4, 0.5) is 15.8 Å². The molecule has 0 bridgehead atoms. The third-order valence-electron chi connectivity index (χ3n) is 8.52. The van der Waals surface area contributed by atoms with E-state index < -0.39 is 0 Å². The number of hydrogen-bond donors (Lipinski definition) is 1. The average molecular weight is 537 g/mol. The molecule has 212 valence electrons. The minimum Gasteiger partial charge on any atom is -0.372 e. The van der Waals surface area contributed by atoms with Gasteiger partial charge in [-0.25, -0.2) is 4.39 Å². The predicted molar refractivity (Wildman–Crippen MR) is 157 cm³/mol. The zero-order valence-corrected chi connectivity index (χ0v) is 23.7. The molecule has 1 aromatic heterocycles. The number of rotatable bonds is 12. The summed E-state index contributed by atoms with van der Waals surface area (Å²) in [6, 6.07) is 12.7. The van der Waals surface area contributed by atoms with Crippen molar-refractivity contribution in [1.29, 1.82) is 0 Å². The summed E-state index contributed by atoms with van der Waals surface area (Å²) >= 11 is 0. The summed E-state index contributed by atoms with van der Waals surface area (Å²) in [5.74, 6) is 0.706. The molecular weight excluding hydrogens is 491 g/mol. The first kappa shape index (κ1) is 27.9. The molecule has 1 atom stereocenters. The lowest BCUT2D eigenvalue weighted by Crippen LogP contribution is -2.40. The van der Waals surface area contributed by atoms with E-state index in [0.717, 1.165) is 95.5 Å². The summed E-state index contributed by atoms with van der Waals surface area (Å²) in [4.78, 5) is 4.89. The molecule has 39 heavy (non-hydrogen) atoms. The highest BCUT2D eigenvalue weighted by molar-refractivity contribution is 5.91. The van der Waals surface area contributed by atoms with Crippen molar-refractivity contribution in [1.82, 2.24) is 10.2 Å². The number of nitrogens with zero attached hydrogens (tertiary/aromatic N) is 3. The first-order chi connectivity index (χ1) is 19.2. The second-order valence-electron chi connectivity index (χ2n) is 11.2. The van der Waals surface area contributed by atoms with Gasteiger partial charge in [0.2, 0.25) is 0 Å². The highest BCUT2D eigenvalue weighted by atomic mass is 19.1. The Kier molecular flexibility index (Phi) is 9.75. The number of halogens is 1. The molecule has 0 radical (unpaired) electrons. The van der Waals surface area contributed by atoms with Crippen LogP contribution in [0.2, 0.25) is 0 Å². The van der Waals surface area contributed by atoms with Gasteiger partial charge in [-0.1, -0.05) is 38.8 Å². The zero-order valence-electron chi connectivity index (χ0n) is 23.7. The highest BCUT2D eigenvalue weighted by Crippen LogP contribution is 2.35. The fourth-order valence-electron chi connectivity index (χ4n) is 6.11. The van der Waals surface area contributed by atoms with E-state index in [1.54, 1.807) is 12.3 Å². The second kappa shape index (κ2) is 13.6. The van der Waals surface area contributed by atoms with Crippen LogP contribution in [0, 0.1) is 11.7 Å². The van der Waals surface area contributed by atoms with Crippen molar-refractivity contribution >= 4 is 22.3 Å². The number of hydrogen-bond acceptors (Lipinski definition) is 5. The number of unbranched alkanes of at least 4 members (excludes halogenated alkanes) is 2. The van der Waals surface area contributed by atoms with Crippen molar-refractivity contribution in [3.63, 3.8) is 0 Å². The number of fused-ring (bicyclic) bond motifs is 1. The molecule has 2 aromatic carbocycles. The Morgan fingerprint density at radius 3 is 2.33 bits per heavy atom. The van der Waals surface area contributed by atoms with E-state index in [1.165, 1.54) is 17.7 Å². The minimum absolute atomic E-state index is 0.0639. The smallest absolute Gasteiger partial charge is 0.160 e. The quantitative estimate of drug-likeness (QED) is 0.195. The summed E-state index contributed by atoms with van der Waals surface area (Å²) in [6.45, 7) is 9.98. The average Bonchev–Trinajstić information content (AvgIpc) is 3.48. The minimum atomic E-state index is -0.223. The van der Waals surface area contributed by atoms with Gasteiger partial charge in [-0.15, -0.1) is 0 Å². The molecule has 0 unspecified atom stereocenters. The number of piperidine rings is 2. The van der Waals surface area contributed by atoms with Gasteiger partial charge < -0.3 is 19.3 Å². The molecule has 0 aliphatic carbocycles. The summed E-state index contributed by atoms with van der Waals surface area (Å²) in [5.41, 5.74) is 4.53. The van der Waals surface area contributed by atoms with Crippen LogP contribution >= 0.6 is 0 Å². The van der Waals surface area contributed by atoms with E-state index in [-0.39, 0.29) is 12.1 Å². The lowest BCUT2D eigenvalue weighted by molar-refractivity contribution is -0.177. The highest BCUT2D eigenvalue weighted by Gasteiger charge is 2.29. The molecule has 2 aliphatic heterocycles. The van der Waals surface area contributed by atoms with Gasteiger partial charge in [0.1, 0.15) is 5.82 Å². The van der Waals surface area contributed by atoms with Gasteiger partial charge in [-0.3, -0.25) is 5.10 Å². The van der Waals surface area contributed by atoms with Gasteiger partial charge in [0.15, 0.2) is 6.29 Å². The van der Waals surface area contributed by atoms with Crippen LogP contribution in [0.3, 0.4) is 0 Å². The predicted octanol–water partition coefficient (Wildman–Crippen LogP) is 7.26. The van der Waals surface area contributed by atoms with Crippen LogP contribution in [0.15, 0.2) is 42.6 Å². The van der Waals surface area contributed by atoms with E-state index in [1.807, 2.05) is 6.07 Å². The maximum atomic E-state index is 14.2. The molecule has 3 aromatic rings. The molecule has 5 rings (SSSR count). The van der Waals surface area contributed by atoms with Gasteiger partial charge in [-0.05, 0) is 68.4 Å². The van der Waals surface area contributed by atoms with E-state index in [2.05, 4.69) is 58.1 Å². The van der Waals surface area contributed by atoms with E-state index in [0.29, 0.717) is 17.2 Å². The van der Waals surface area contributed by atoms with E-state index in [9.17, 15) is 4.39 Å². The van der Waals surface area contributed by atoms with Crippen molar-refractivity contribution in [2.45, 2.75) is 77.4 Å². The van der Waals surface area contributed by atoms with E-state index >= 15 is 0 Å². The van der Waals surface area contributed by atoms with Crippen LogP contribution in [-0.2, 0) is 9.47 Å². The summed E-state index contributed by atoms with van der Waals surface area (Å²) < 4.78 is 26.6. The Labute approximate surface area is 232 Å². The van der Waals surface area contributed by atoms with Crippen LogP contribution in [-0.4, -0.2) is 55.9 Å². The first-order valence-electron chi connectivity index (χ1n) is 15.1. The molecular formula is C32H45FN4O2. The fourth-order valence-corrected chi connectivity index (χ4v) is 6.11. The van der Waals surface area contributed by atoms with Crippen molar-refractivity contribution in [3.05, 3.63) is 54.0 Å². The molecule has 6 nitrogen and oxygen atoms in total. The third-order valence-corrected chi connectivity index (χ3v) is 8.52. The summed E-state index contributed by atoms with van der Waals surface area (Å²) in [6.07, 6.45) is 10.5. The Morgan fingerprint density at radius 2 is 1.64 bits per heavy atom. The monoisotopic (exact) mass is 536 g/mol. The Morgan fingerprint density at radius 1 is 0.923 bits per heavy atom. The van der Waals surface area contributed by atoms with Gasteiger partial charge >= 0.3 is 0 Å². The largest absolute Gasteiger partial charge is 0.372 e. The van der Waals surface area contributed by atoms with Crippen LogP contribution < -0.4 is 9.80 Å². The van der Waals surface area contributed by atoms with Crippen molar-refractivity contribution in [2.75, 3.05) is 49.2 Å². The lowest BCUT2D eigenvalue weighted by Gasteiger charge is -2.37. The number of aromatic nitrogens is 2. The second-order valence-corrected chi connectivity index (χ2v) is 11.2. The van der Waals surface area contributed by atoms with Crippen molar-refractivity contribution in [2.24, 2.45) is 5.92 Å². The van der Waals surface area contributed by atoms with E-state index in [4.69, 9.17) is 9.47 Å². The third kappa shape index (κ3) is 6.75. The lowest BCUT2D eigenvalue weighted by atomic mass is 9.89.